The fraction of sp³-hybridized carbons (Fsp3) is 0.406. The van der Waals surface area contributed by atoms with Gasteiger partial charge in [0.05, 0.1) is 26.4 Å². The number of nitrogens with two attached hydrogens (primary N) is 2. The largest absolute Gasteiger partial charge is 0.493 e. The number of carbonyl (C=O) groups excluding carboxylic acids is 2. The lowest BCUT2D eigenvalue weighted by molar-refractivity contribution is 0.101. The third kappa shape index (κ3) is 15.1. The molecule has 0 atom stereocenters. The van der Waals surface area contributed by atoms with Crippen molar-refractivity contribution in [2.45, 2.75) is 144 Å². The Morgan fingerprint density at radius 3 is 0.878 bits per heavy atom. The molecule has 74 heavy (non-hydrogen) atoms. The molecule has 0 radical (unpaired) electrons. The number of benzene rings is 6. The van der Waals surface area contributed by atoms with E-state index in [0.717, 1.165) is 156 Å². The van der Waals surface area contributed by atoms with Gasteiger partial charge >= 0.3 is 0 Å². The molecule has 0 saturated carbocycles. The SMILES string of the molecule is CCCCCOc1c2cc(N)cc1Cc1cc(NC(=O)c3ccc(C)cc3)cc(c1OCCCCC)Cc1cc(NC(=O)c3ccc(C)cc3)cc(c1OCCCCC)Cc1cc(N)cc(c1OCCCCC)C2. The molecule has 6 aromatic rings. The lowest BCUT2D eigenvalue weighted by Gasteiger charge is -2.25. The van der Waals surface area contributed by atoms with E-state index in [1.807, 2.05) is 111 Å². The maximum atomic E-state index is 14.1. The van der Waals surface area contributed by atoms with Crippen LogP contribution in [-0.4, -0.2) is 38.2 Å². The number of unbranched alkanes of at least 4 members (excludes halogenated alkanes) is 8. The topological polar surface area (TPSA) is 147 Å². The second-order valence-corrected chi connectivity index (χ2v) is 20.2. The molecule has 0 unspecified atom stereocenters. The van der Waals surface area contributed by atoms with Crippen LogP contribution in [-0.2, 0) is 25.7 Å². The van der Waals surface area contributed by atoms with Crippen molar-refractivity contribution in [2.75, 3.05) is 48.5 Å². The average Bonchev–Trinajstić information content (AvgIpc) is 3.37. The van der Waals surface area contributed by atoms with Gasteiger partial charge in [-0.3, -0.25) is 9.59 Å². The van der Waals surface area contributed by atoms with Gasteiger partial charge in [-0.1, -0.05) is 114 Å². The highest BCUT2D eigenvalue weighted by atomic mass is 16.5. The molecule has 0 heterocycles. The maximum absolute atomic E-state index is 14.1. The number of fused-ring (bicyclic) bond motifs is 8. The molecule has 7 rings (SSSR count). The van der Waals surface area contributed by atoms with Crippen molar-refractivity contribution in [3.05, 3.63) is 164 Å². The predicted molar refractivity (Wildman–Crippen MR) is 304 cm³/mol. The summed E-state index contributed by atoms with van der Waals surface area (Å²) >= 11 is 0. The Bertz CT molecular complexity index is 2630. The van der Waals surface area contributed by atoms with Crippen molar-refractivity contribution in [2.24, 2.45) is 0 Å². The maximum Gasteiger partial charge on any atom is 0.255 e. The molecular weight excluding hydrogens is 921 g/mol. The predicted octanol–water partition coefficient (Wildman–Crippen LogP) is 14.9. The molecular formula is C64H80N4O6. The van der Waals surface area contributed by atoms with Gasteiger partial charge in [-0.2, -0.15) is 0 Å². The summed E-state index contributed by atoms with van der Waals surface area (Å²) in [5, 5.41) is 6.54. The van der Waals surface area contributed by atoms with Crippen molar-refractivity contribution < 1.29 is 28.5 Å². The highest BCUT2D eigenvalue weighted by Crippen LogP contribution is 2.43. The van der Waals surface area contributed by atoms with Gasteiger partial charge in [0.2, 0.25) is 0 Å². The highest BCUT2D eigenvalue weighted by Gasteiger charge is 2.25. The van der Waals surface area contributed by atoms with Gasteiger partial charge in [0.15, 0.2) is 0 Å². The summed E-state index contributed by atoms with van der Waals surface area (Å²) < 4.78 is 27.8. The molecule has 0 aromatic heterocycles. The van der Waals surface area contributed by atoms with Gasteiger partial charge in [-0.15, -0.1) is 0 Å². The van der Waals surface area contributed by atoms with E-state index in [1.54, 1.807) is 0 Å². The Balaban J connectivity index is 1.51. The van der Waals surface area contributed by atoms with Gasteiger partial charge in [-0.05, 0) is 112 Å². The Labute approximate surface area is 440 Å². The van der Waals surface area contributed by atoms with E-state index in [2.05, 4.69) is 38.3 Å². The van der Waals surface area contributed by atoms with Crippen LogP contribution in [0.2, 0.25) is 0 Å². The second-order valence-electron chi connectivity index (χ2n) is 20.2. The normalized spacial score (nSPS) is 12.0. The van der Waals surface area contributed by atoms with E-state index in [4.69, 9.17) is 30.4 Å². The first-order chi connectivity index (χ1) is 36.0. The lowest BCUT2D eigenvalue weighted by atomic mass is 9.90. The number of carbonyl (C=O) groups is 2. The van der Waals surface area contributed by atoms with Crippen LogP contribution in [0.15, 0.2) is 97.1 Å². The Morgan fingerprint density at radius 1 is 0.392 bits per heavy atom. The average molecular weight is 1000 g/mol. The summed E-state index contributed by atoms with van der Waals surface area (Å²) in [6.45, 7) is 14.9. The van der Waals surface area contributed by atoms with Crippen molar-refractivity contribution in [1.29, 1.82) is 0 Å². The van der Waals surface area contributed by atoms with Crippen molar-refractivity contribution in [3.8, 4) is 23.0 Å². The third-order valence-corrected chi connectivity index (χ3v) is 13.7. The fourth-order valence-electron chi connectivity index (χ4n) is 9.75. The fourth-order valence-corrected chi connectivity index (χ4v) is 9.75. The van der Waals surface area contributed by atoms with Gasteiger partial charge in [0.25, 0.3) is 11.8 Å². The Morgan fingerprint density at radius 2 is 0.635 bits per heavy atom. The van der Waals surface area contributed by atoms with E-state index < -0.39 is 0 Å². The summed E-state index contributed by atoms with van der Waals surface area (Å²) in [4.78, 5) is 28.3. The number of rotatable bonds is 24. The van der Waals surface area contributed by atoms with Crippen molar-refractivity contribution >= 4 is 34.6 Å². The lowest BCUT2D eigenvalue weighted by Crippen LogP contribution is -2.15. The molecule has 392 valence electrons. The van der Waals surface area contributed by atoms with Crippen molar-refractivity contribution in [1.82, 2.24) is 0 Å². The molecule has 0 spiro atoms. The molecule has 8 bridgehead atoms. The van der Waals surface area contributed by atoms with E-state index in [9.17, 15) is 9.59 Å². The van der Waals surface area contributed by atoms with Crippen LogP contribution in [0.25, 0.3) is 0 Å². The summed E-state index contributed by atoms with van der Waals surface area (Å²) in [6.07, 6.45) is 13.4. The van der Waals surface area contributed by atoms with Crippen LogP contribution in [0.5, 0.6) is 23.0 Å². The summed E-state index contributed by atoms with van der Waals surface area (Å²) in [5.74, 6) is 2.58. The minimum Gasteiger partial charge on any atom is -0.493 e. The molecule has 10 nitrogen and oxygen atoms in total. The van der Waals surface area contributed by atoms with Gasteiger partial charge in [0.1, 0.15) is 23.0 Å². The number of nitrogen functional groups attached to an aromatic ring is 2. The van der Waals surface area contributed by atoms with E-state index in [1.165, 1.54) is 0 Å². The Kier molecular flexibility index (Phi) is 20.3. The first-order valence-corrected chi connectivity index (χ1v) is 27.4. The molecule has 1 aliphatic rings. The number of aryl methyl sites for hydroxylation is 2. The zero-order valence-electron chi connectivity index (χ0n) is 45.0. The number of hydrogen-bond donors (Lipinski definition) is 4. The molecule has 6 N–H and O–H groups in total. The number of hydrogen-bond acceptors (Lipinski definition) is 8. The minimum absolute atomic E-state index is 0.219. The van der Waals surface area contributed by atoms with Crippen LogP contribution in [0.4, 0.5) is 22.7 Å². The Hall–Kier alpha value is -6.94. The van der Waals surface area contributed by atoms with E-state index in [-0.39, 0.29) is 11.8 Å². The van der Waals surface area contributed by atoms with E-state index in [0.29, 0.717) is 86.0 Å². The third-order valence-electron chi connectivity index (χ3n) is 13.7. The zero-order valence-corrected chi connectivity index (χ0v) is 45.0. The van der Waals surface area contributed by atoms with Crippen molar-refractivity contribution in [3.63, 3.8) is 0 Å². The van der Waals surface area contributed by atoms with Crippen LogP contribution in [0.1, 0.15) is 181 Å². The number of anilines is 4. The van der Waals surface area contributed by atoms with E-state index >= 15 is 0 Å². The molecule has 0 fully saturated rings. The monoisotopic (exact) mass is 1000 g/mol. The second kappa shape index (κ2) is 27.4. The van der Waals surface area contributed by atoms with Crippen LogP contribution >= 0.6 is 0 Å². The molecule has 6 aromatic carbocycles. The highest BCUT2D eigenvalue weighted by molar-refractivity contribution is 6.05. The molecule has 1 aliphatic carbocycles. The summed E-state index contributed by atoms with van der Waals surface area (Å²) in [6, 6.07) is 31.4. The molecule has 10 heteroatoms. The number of amides is 2. The van der Waals surface area contributed by atoms with Gasteiger partial charge in [0, 0.05) is 104 Å². The molecule has 0 aliphatic heterocycles. The first kappa shape index (κ1) is 54.8. The molecule has 2 amide bonds. The minimum atomic E-state index is -0.219. The van der Waals surface area contributed by atoms with Crippen LogP contribution in [0.3, 0.4) is 0 Å². The summed E-state index contributed by atoms with van der Waals surface area (Å²) in [7, 11) is 0. The number of ether oxygens (including phenoxy) is 4. The smallest absolute Gasteiger partial charge is 0.255 e. The number of nitrogens with one attached hydrogen (secondary N) is 2. The standard InChI is InChI=1S/C64H80N4O6/c1-7-11-15-27-71-59-47-31-48-36-56(66)38-50(60(48)72-28-16-12-8-2)33-52-40-58(68-64(70)46-25-21-44(6)22-26-46)42-54(62(52)74-30-18-14-10-4)34-53-41-57(67-63(69)45-23-19-43(5)20-24-45)39-51(32-49(59)37-55(65)35-47)61(53)73-29-17-13-9-3/h19-26,35-42H,7-18,27-34,65-66H2,1-6H3,(H,67,69)(H,68,70). The van der Waals surface area contributed by atoms with Crippen LogP contribution in [0, 0.1) is 13.8 Å². The zero-order chi connectivity index (χ0) is 52.4. The van der Waals surface area contributed by atoms with Gasteiger partial charge in [-0.25, -0.2) is 0 Å². The van der Waals surface area contributed by atoms with Gasteiger partial charge < -0.3 is 41.0 Å². The van der Waals surface area contributed by atoms with Crippen LogP contribution < -0.4 is 41.0 Å². The molecule has 0 saturated heterocycles. The quantitative estimate of drug-likeness (QED) is 0.0346. The first-order valence-electron chi connectivity index (χ1n) is 27.4. The summed E-state index contributed by atoms with van der Waals surface area (Å²) in [5.41, 5.74) is 26.7.